The van der Waals surface area contributed by atoms with Gasteiger partial charge in [-0.3, -0.25) is 4.68 Å². The molecule has 0 atom stereocenters. The van der Waals surface area contributed by atoms with Crippen molar-refractivity contribution in [2.75, 3.05) is 25.5 Å². The molecular weight excluding hydrogens is 425 g/mol. The first-order valence-electron chi connectivity index (χ1n) is 10.0. The van der Waals surface area contributed by atoms with Gasteiger partial charge in [0.1, 0.15) is 5.56 Å². The average molecular weight is 446 g/mol. The number of rotatable bonds is 5. The molecule has 3 aromatic rings. The van der Waals surface area contributed by atoms with Crippen LogP contribution in [-0.2, 0) is 10.9 Å². The van der Waals surface area contributed by atoms with Crippen LogP contribution in [0.2, 0.25) is 0 Å². The highest BCUT2D eigenvalue weighted by molar-refractivity contribution is 5.97. The lowest BCUT2D eigenvalue weighted by Crippen LogP contribution is -2.29. The van der Waals surface area contributed by atoms with Crippen molar-refractivity contribution in [2.45, 2.75) is 25.1 Å². The van der Waals surface area contributed by atoms with Crippen LogP contribution in [-0.4, -0.2) is 45.9 Å². The fourth-order valence-corrected chi connectivity index (χ4v) is 3.63. The Morgan fingerprint density at radius 2 is 1.97 bits per heavy atom. The Morgan fingerprint density at radius 3 is 2.69 bits per heavy atom. The van der Waals surface area contributed by atoms with Crippen molar-refractivity contribution in [1.82, 2.24) is 25.1 Å². The van der Waals surface area contributed by atoms with Crippen molar-refractivity contribution in [3.8, 4) is 11.3 Å². The Bertz CT molecular complexity index is 1110. The molecule has 8 nitrogen and oxygen atoms in total. The summed E-state index contributed by atoms with van der Waals surface area (Å²) in [6, 6.07) is 6.10. The van der Waals surface area contributed by atoms with E-state index in [9.17, 15) is 18.0 Å². The number of nitrogens with one attached hydrogen (secondary N) is 2. The maximum absolute atomic E-state index is 13.7. The Hall–Kier alpha value is -3.47. The van der Waals surface area contributed by atoms with Gasteiger partial charge in [-0.25, -0.2) is 14.8 Å². The summed E-state index contributed by atoms with van der Waals surface area (Å²) >= 11 is 0. The third-order valence-electron chi connectivity index (χ3n) is 5.22. The lowest BCUT2D eigenvalue weighted by molar-refractivity contribution is -0.137. The summed E-state index contributed by atoms with van der Waals surface area (Å²) in [6.45, 7) is 1.80. The lowest BCUT2D eigenvalue weighted by atomic mass is 10.0. The number of hydrogen-bond acceptors (Lipinski definition) is 7. The number of halogens is 3. The number of esters is 1. The third kappa shape index (κ3) is 4.57. The van der Waals surface area contributed by atoms with E-state index in [0.29, 0.717) is 11.9 Å². The normalized spacial score (nSPS) is 14.9. The molecule has 32 heavy (non-hydrogen) atoms. The molecule has 0 aliphatic carbocycles. The third-order valence-corrected chi connectivity index (χ3v) is 5.22. The molecule has 0 spiro atoms. The summed E-state index contributed by atoms with van der Waals surface area (Å²) in [5, 5.41) is 10.5. The summed E-state index contributed by atoms with van der Waals surface area (Å²) < 4.78 is 47.6. The van der Waals surface area contributed by atoms with Crippen molar-refractivity contribution in [1.29, 1.82) is 0 Å². The quantitative estimate of drug-likeness (QED) is 0.576. The number of hydrogen-bond donors (Lipinski definition) is 2. The number of carbonyl (C=O) groups is 1. The Morgan fingerprint density at radius 1 is 1.22 bits per heavy atom. The fraction of sp³-hybridized carbons (Fsp3) is 0.333. The van der Waals surface area contributed by atoms with E-state index in [-0.39, 0.29) is 23.1 Å². The highest BCUT2D eigenvalue weighted by atomic mass is 19.4. The second-order valence-electron chi connectivity index (χ2n) is 7.31. The summed E-state index contributed by atoms with van der Waals surface area (Å²) in [5.74, 6) is -0.803. The van der Waals surface area contributed by atoms with Gasteiger partial charge in [0, 0.05) is 18.0 Å². The zero-order chi connectivity index (χ0) is 22.7. The number of benzene rings is 1. The summed E-state index contributed by atoms with van der Waals surface area (Å²) in [7, 11) is 1.16. The Labute approximate surface area is 181 Å². The van der Waals surface area contributed by atoms with Crippen molar-refractivity contribution < 1.29 is 22.7 Å². The highest BCUT2D eigenvalue weighted by Crippen LogP contribution is 2.37. The first-order valence-corrected chi connectivity index (χ1v) is 10.0. The molecule has 0 amide bonds. The molecule has 1 aromatic carbocycles. The average Bonchev–Trinajstić information content (AvgIpc) is 3.27. The fourth-order valence-electron chi connectivity index (χ4n) is 3.63. The van der Waals surface area contributed by atoms with E-state index in [1.54, 1.807) is 18.5 Å². The zero-order valence-corrected chi connectivity index (χ0v) is 17.2. The second kappa shape index (κ2) is 8.95. The Kier molecular flexibility index (Phi) is 6.08. The van der Waals surface area contributed by atoms with E-state index in [4.69, 9.17) is 4.74 Å². The monoisotopic (exact) mass is 446 g/mol. The SMILES string of the molecule is COC(=O)c1ccccc1-c1nc(Nc2cnn(C3CCNCC3)c2)ncc1C(F)(F)F. The van der Waals surface area contributed by atoms with Crippen LogP contribution in [0.1, 0.15) is 34.8 Å². The van der Waals surface area contributed by atoms with Crippen molar-refractivity contribution in [3.05, 3.63) is 54.0 Å². The Balaban J connectivity index is 1.69. The van der Waals surface area contributed by atoms with Crippen LogP contribution in [0.3, 0.4) is 0 Å². The van der Waals surface area contributed by atoms with Gasteiger partial charge in [0.15, 0.2) is 0 Å². The number of aromatic nitrogens is 4. The van der Waals surface area contributed by atoms with Crippen LogP contribution in [0.15, 0.2) is 42.9 Å². The first-order chi connectivity index (χ1) is 15.4. The molecule has 0 bridgehead atoms. The standard InChI is InChI=1S/C21H21F3N6O2/c1-32-19(31)16-5-3-2-4-15(16)18-17(21(22,23)24)11-26-20(29-18)28-13-10-27-30(12-13)14-6-8-25-9-7-14/h2-5,10-12,14,25H,6-9H2,1H3,(H,26,28,29). The minimum Gasteiger partial charge on any atom is -0.465 e. The van der Waals surface area contributed by atoms with Gasteiger partial charge in [-0.2, -0.15) is 18.3 Å². The number of nitrogens with zero attached hydrogens (tertiary/aromatic N) is 4. The van der Waals surface area contributed by atoms with Crippen LogP contribution in [0.4, 0.5) is 24.8 Å². The molecule has 3 heterocycles. The summed E-state index contributed by atoms with van der Waals surface area (Å²) in [4.78, 5) is 20.1. The van der Waals surface area contributed by atoms with Gasteiger partial charge < -0.3 is 15.4 Å². The van der Waals surface area contributed by atoms with Crippen LogP contribution < -0.4 is 10.6 Å². The molecule has 4 rings (SSSR count). The van der Waals surface area contributed by atoms with Crippen LogP contribution in [0.5, 0.6) is 0 Å². The number of anilines is 2. The zero-order valence-electron chi connectivity index (χ0n) is 17.2. The molecule has 0 unspecified atom stereocenters. The number of piperidine rings is 1. The molecule has 1 aliphatic heterocycles. The second-order valence-corrected chi connectivity index (χ2v) is 7.31. The number of carbonyl (C=O) groups excluding carboxylic acids is 1. The molecular formula is C21H21F3N6O2. The van der Waals surface area contributed by atoms with Gasteiger partial charge in [0.2, 0.25) is 5.95 Å². The van der Waals surface area contributed by atoms with Gasteiger partial charge in [0.05, 0.1) is 36.3 Å². The number of ether oxygens (including phenoxy) is 1. The predicted molar refractivity (Wildman–Crippen MR) is 110 cm³/mol. The molecule has 1 aliphatic rings. The lowest BCUT2D eigenvalue weighted by Gasteiger charge is -2.22. The topological polar surface area (TPSA) is 94.0 Å². The molecule has 2 N–H and O–H groups in total. The summed E-state index contributed by atoms with van der Waals surface area (Å²) in [5.41, 5.74) is -0.937. The molecule has 168 valence electrons. The van der Waals surface area contributed by atoms with Gasteiger partial charge >= 0.3 is 12.1 Å². The molecule has 11 heteroatoms. The maximum atomic E-state index is 13.7. The van der Waals surface area contributed by atoms with Gasteiger partial charge in [-0.1, -0.05) is 18.2 Å². The molecule has 2 aromatic heterocycles. The van der Waals surface area contributed by atoms with Crippen molar-refractivity contribution in [2.24, 2.45) is 0 Å². The van der Waals surface area contributed by atoms with E-state index >= 15 is 0 Å². The predicted octanol–water partition coefficient (Wildman–Crippen LogP) is 3.81. The van der Waals surface area contributed by atoms with Gasteiger partial charge in [0.25, 0.3) is 0 Å². The largest absolute Gasteiger partial charge is 0.465 e. The van der Waals surface area contributed by atoms with Crippen LogP contribution in [0, 0.1) is 0 Å². The van der Waals surface area contributed by atoms with E-state index < -0.39 is 23.4 Å². The smallest absolute Gasteiger partial charge is 0.419 e. The van der Waals surface area contributed by atoms with Crippen LogP contribution in [0.25, 0.3) is 11.3 Å². The van der Waals surface area contributed by atoms with E-state index in [1.807, 2.05) is 4.68 Å². The summed E-state index contributed by atoms with van der Waals surface area (Å²) in [6.07, 6.45) is 1.22. The van der Waals surface area contributed by atoms with Crippen molar-refractivity contribution in [3.63, 3.8) is 0 Å². The van der Waals surface area contributed by atoms with Gasteiger partial charge in [-0.15, -0.1) is 0 Å². The minimum absolute atomic E-state index is 0.00234. The van der Waals surface area contributed by atoms with E-state index in [2.05, 4.69) is 25.7 Å². The van der Waals surface area contributed by atoms with Crippen molar-refractivity contribution >= 4 is 17.6 Å². The highest BCUT2D eigenvalue weighted by Gasteiger charge is 2.36. The van der Waals surface area contributed by atoms with E-state index in [0.717, 1.165) is 33.0 Å². The maximum Gasteiger partial charge on any atom is 0.419 e. The first kappa shape index (κ1) is 21.8. The van der Waals surface area contributed by atoms with Gasteiger partial charge in [-0.05, 0) is 32.0 Å². The molecule has 0 radical (unpaired) electrons. The minimum atomic E-state index is -4.71. The molecule has 1 saturated heterocycles. The molecule has 1 fully saturated rings. The van der Waals surface area contributed by atoms with E-state index in [1.165, 1.54) is 18.2 Å². The van der Waals surface area contributed by atoms with Crippen LogP contribution >= 0.6 is 0 Å². The number of methoxy groups -OCH3 is 1. The number of alkyl halides is 3. The molecule has 0 saturated carbocycles.